The van der Waals surface area contributed by atoms with Crippen molar-refractivity contribution in [1.29, 1.82) is 0 Å². The molecule has 100 valence electrons. The summed E-state index contributed by atoms with van der Waals surface area (Å²) < 4.78 is 0. The molecule has 0 spiro atoms. The van der Waals surface area contributed by atoms with Crippen LogP contribution in [0.1, 0.15) is 22.9 Å². The minimum Gasteiger partial charge on any atom is -0.384 e. The van der Waals surface area contributed by atoms with E-state index in [4.69, 9.17) is 11.6 Å². The highest BCUT2D eigenvalue weighted by Crippen LogP contribution is 2.29. The number of aliphatic hydroxyl groups excluding tert-OH is 1. The first-order valence-corrected chi connectivity index (χ1v) is 6.68. The van der Waals surface area contributed by atoms with Crippen molar-refractivity contribution in [3.05, 3.63) is 70.6 Å². The van der Waals surface area contributed by atoms with Crippen LogP contribution in [0, 0.1) is 6.92 Å². The maximum absolute atomic E-state index is 10.5. The van der Waals surface area contributed by atoms with Crippen LogP contribution >= 0.6 is 11.6 Å². The second-order valence-electron chi connectivity index (χ2n) is 4.70. The number of nitrogens with zero attached hydrogens (tertiary/aromatic N) is 2. The lowest BCUT2D eigenvalue weighted by Crippen LogP contribution is -2.01. The summed E-state index contributed by atoms with van der Waals surface area (Å²) in [6, 6.07) is 11.4. The summed E-state index contributed by atoms with van der Waals surface area (Å²) in [5.41, 5.74) is 3.34. The maximum atomic E-state index is 10.5. The first-order valence-electron chi connectivity index (χ1n) is 6.30. The highest BCUT2D eigenvalue weighted by Gasteiger charge is 2.14. The number of benzene rings is 1. The molecule has 3 rings (SSSR count). The van der Waals surface area contributed by atoms with Crippen LogP contribution < -0.4 is 0 Å². The van der Waals surface area contributed by atoms with Crippen LogP contribution in [0.15, 0.2) is 48.8 Å². The van der Waals surface area contributed by atoms with Crippen molar-refractivity contribution in [1.82, 2.24) is 9.97 Å². The second kappa shape index (κ2) is 5.19. The number of fused-ring (bicyclic) bond motifs is 1. The van der Waals surface area contributed by atoms with Crippen molar-refractivity contribution in [3.8, 4) is 0 Å². The average molecular weight is 285 g/mol. The molecule has 0 amide bonds. The molecule has 0 aliphatic carbocycles. The fourth-order valence-electron chi connectivity index (χ4n) is 2.20. The van der Waals surface area contributed by atoms with Crippen molar-refractivity contribution in [2.75, 3.05) is 0 Å². The van der Waals surface area contributed by atoms with Crippen molar-refractivity contribution < 1.29 is 5.11 Å². The molecule has 20 heavy (non-hydrogen) atoms. The van der Waals surface area contributed by atoms with Gasteiger partial charge in [0.05, 0.1) is 10.5 Å². The number of aliphatic hydroxyl groups is 1. The molecule has 0 fully saturated rings. The predicted molar refractivity (Wildman–Crippen MR) is 79.8 cm³/mol. The van der Waals surface area contributed by atoms with Crippen LogP contribution in [0.4, 0.5) is 0 Å². The van der Waals surface area contributed by atoms with E-state index in [1.807, 2.05) is 37.3 Å². The molecule has 3 nitrogen and oxygen atoms in total. The molecule has 2 heterocycles. The third kappa shape index (κ3) is 2.38. The van der Waals surface area contributed by atoms with Crippen LogP contribution in [0.2, 0.25) is 5.02 Å². The Kier molecular flexibility index (Phi) is 3.38. The molecule has 0 aliphatic rings. The van der Waals surface area contributed by atoms with Crippen LogP contribution in [0.5, 0.6) is 0 Å². The molecule has 0 saturated carbocycles. The standard InChI is InChI=1S/C16H13ClN2O/c1-10-2-3-11-8-12(4-5-15(11)19-10)16(20)13-6-7-18-9-14(13)17/h2-9,16,20H,1H3. The predicted octanol–water partition coefficient (Wildman–Crippen LogP) is 3.67. The zero-order valence-electron chi connectivity index (χ0n) is 10.9. The highest BCUT2D eigenvalue weighted by atomic mass is 35.5. The van der Waals surface area contributed by atoms with E-state index in [0.717, 1.165) is 22.2 Å². The van der Waals surface area contributed by atoms with Gasteiger partial charge in [-0.05, 0) is 36.8 Å². The van der Waals surface area contributed by atoms with Crippen molar-refractivity contribution in [3.63, 3.8) is 0 Å². The van der Waals surface area contributed by atoms with Gasteiger partial charge >= 0.3 is 0 Å². The van der Waals surface area contributed by atoms with Crippen LogP contribution in [-0.4, -0.2) is 15.1 Å². The summed E-state index contributed by atoms with van der Waals surface area (Å²) in [5, 5.41) is 11.9. The van der Waals surface area contributed by atoms with E-state index in [1.165, 1.54) is 6.20 Å². The summed E-state index contributed by atoms with van der Waals surface area (Å²) in [7, 11) is 0. The van der Waals surface area contributed by atoms with Gasteiger partial charge in [0.25, 0.3) is 0 Å². The van der Waals surface area contributed by atoms with Gasteiger partial charge in [-0.25, -0.2) is 0 Å². The number of rotatable bonds is 2. The number of aryl methyl sites for hydroxylation is 1. The molecule has 0 bridgehead atoms. The monoisotopic (exact) mass is 284 g/mol. The van der Waals surface area contributed by atoms with E-state index < -0.39 is 6.10 Å². The first kappa shape index (κ1) is 13.0. The first-order chi connectivity index (χ1) is 9.65. The largest absolute Gasteiger partial charge is 0.384 e. The Hall–Kier alpha value is -1.97. The average Bonchev–Trinajstić information content (AvgIpc) is 2.46. The maximum Gasteiger partial charge on any atom is 0.106 e. The molecule has 1 atom stereocenters. The van der Waals surface area contributed by atoms with Gasteiger partial charge in [0.2, 0.25) is 0 Å². The molecule has 1 aromatic carbocycles. The summed E-state index contributed by atoms with van der Waals surface area (Å²) in [5.74, 6) is 0. The Morgan fingerprint density at radius 1 is 1.15 bits per heavy atom. The number of halogens is 1. The second-order valence-corrected chi connectivity index (χ2v) is 5.11. The fraction of sp³-hybridized carbons (Fsp3) is 0.125. The van der Waals surface area contributed by atoms with Crippen molar-refractivity contribution in [2.24, 2.45) is 0 Å². The van der Waals surface area contributed by atoms with Crippen molar-refractivity contribution in [2.45, 2.75) is 13.0 Å². The van der Waals surface area contributed by atoms with E-state index in [0.29, 0.717) is 10.6 Å². The van der Waals surface area contributed by atoms with E-state index >= 15 is 0 Å². The number of aromatic nitrogens is 2. The number of hydrogen-bond acceptors (Lipinski definition) is 3. The third-order valence-electron chi connectivity index (χ3n) is 3.27. The van der Waals surface area contributed by atoms with Crippen LogP contribution in [0.25, 0.3) is 10.9 Å². The van der Waals surface area contributed by atoms with Gasteiger partial charge in [0.15, 0.2) is 0 Å². The third-order valence-corrected chi connectivity index (χ3v) is 3.58. The zero-order valence-corrected chi connectivity index (χ0v) is 11.7. The van der Waals surface area contributed by atoms with Gasteiger partial charge in [-0.3, -0.25) is 9.97 Å². The molecule has 4 heteroatoms. The van der Waals surface area contributed by atoms with Gasteiger partial charge in [-0.2, -0.15) is 0 Å². The Bertz CT molecular complexity index is 773. The quantitative estimate of drug-likeness (QED) is 0.781. The van der Waals surface area contributed by atoms with E-state index in [2.05, 4.69) is 9.97 Å². The van der Waals surface area contributed by atoms with Gasteiger partial charge in [0, 0.05) is 29.0 Å². The molecule has 1 unspecified atom stereocenters. The Balaban J connectivity index is 2.06. The zero-order chi connectivity index (χ0) is 14.1. The molecule has 0 radical (unpaired) electrons. The van der Waals surface area contributed by atoms with Crippen LogP contribution in [-0.2, 0) is 0 Å². The summed E-state index contributed by atoms with van der Waals surface area (Å²) in [6.45, 7) is 1.96. The molecular weight excluding hydrogens is 272 g/mol. The molecule has 1 N–H and O–H groups in total. The summed E-state index contributed by atoms with van der Waals surface area (Å²) >= 11 is 6.07. The fourth-order valence-corrected chi connectivity index (χ4v) is 2.43. The van der Waals surface area contributed by atoms with Gasteiger partial charge in [0.1, 0.15) is 6.10 Å². The van der Waals surface area contributed by atoms with E-state index in [1.54, 1.807) is 12.3 Å². The SMILES string of the molecule is Cc1ccc2cc(C(O)c3ccncc3Cl)ccc2n1. The van der Waals surface area contributed by atoms with Gasteiger partial charge in [-0.1, -0.05) is 23.7 Å². The van der Waals surface area contributed by atoms with E-state index in [9.17, 15) is 5.11 Å². The highest BCUT2D eigenvalue weighted by molar-refractivity contribution is 6.31. The van der Waals surface area contributed by atoms with Crippen LogP contribution in [0.3, 0.4) is 0 Å². The smallest absolute Gasteiger partial charge is 0.106 e. The number of pyridine rings is 2. The summed E-state index contributed by atoms with van der Waals surface area (Å²) in [4.78, 5) is 8.38. The molecule has 0 saturated heterocycles. The minimum atomic E-state index is -0.767. The molecule has 3 aromatic rings. The van der Waals surface area contributed by atoms with Crippen molar-refractivity contribution >= 4 is 22.5 Å². The van der Waals surface area contributed by atoms with Gasteiger partial charge < -0.3 is 5.11 Å². The number of hydrogen-bond donors (Lipinski definition) is 1. The lowest BCUT2D eigenvalue weighted by Gasteiger charge is -2.13. The lowest BCUT2D eigenvalue weighted by atomic mass is 10.0. The lowest BCUT2D eigenvalue weighted by molar-refractivity contribution is 0.220. The summed E-state index contributed by atoms with van der Waals surface area (Å²) in [6.07, 6.45) is 2.39. The topological polar surface area (TPSA) is 46.0 Å². The molecule has 2 aromatic heterocycles. The normalized spacial score (nSPS) is 12.6. The Morgan fingerprint density at radius 2 is 2.00 bits per heavy atom. The molecular formula is C16H13ClN2O. The van der Waals surface area contributed by atoms with E-state index in [-0.39, 0.29) is 0 Å². The van der Waals surface area contributed by atoms with Gasteiger partial charge in [-0.15, -0.1) is 0 Å². The minimum absolute atomic E-state index is 0.460. The Labute approximate surface area is 121 Å². The molecule has 0 aliphatic heterocycles. The Morgan fingerprint density at radius 3 is 2.80 bits per heavy atom.